The van der Waals surface area contributed by atoms with Gasteiger partial charge in [-0.1, -0.05) is 20.8 Å². The van der Waals surface area contributed by atoms with E-state index in [0.717, 1.165) is 12.8 Å². The van der Waals surface area contributed by atoms with E-state index in [2.05, 4.69) is 13.8 Å². The number of ketones is 2. The van der Waals surface area contributed by atoms with Crippen molar-refractivity contribution in [3.05, 3.63) is 0 Å². The summed E-state index contributed by atoms with van der Waals surface area (Å²) in [4.78, 5) is 22.1. The summed E-state index contributed by atoms with van der Waals surface area (Å²) in [5.41, 5.74) is 0. The maximum absolute atomic E-state index is 11.2. The van der Waals surface area contributed by atoms with E-state index >= 15 is 0 Å². The molecule has 0 aromatic rings. The number of carbonyl (C=O) groups is 2. The van der Waals surface area contributed by atoms with Gasteiger partial charge in [0.15, 0.2) is 5.78 Å². The van der Waals surface area contributed by atoms with Gasteiger partial charge in [-0.05, 0) is 12.8 Å². The second-order valence-electron chi connectivity index (χ2n) is 5.11. The van der Waals surface area contributed by atoms with Crippen LogP contribution in [0.25, 0.3) is 0 Å². The van der Waals surface area contributed by atoms with Crippen LogP contribution in [0, 0.1) is 5.92 Å². The minimum absolute atomic E-state index is 0.0394. The molecule has 0 saturated carbocycles. The summed E-state index contributed by atoms with van der Waals surface area (Å²) < 4.78 is 3.25. The quantitative estimate of drug-likeness (QED) is 0.280. The van der Waals surface area contributed by atoms with Crippen molar-refractivity contribution in [2.45, 2.75) is 88.4 Å². The van der Waals surface area contributed by atoms with E-state index in [1.165, 1.54) is 25.7 Å². The Kier molecular flexibility index (Phi) is 19.3. The van der Waals surface area contributed by atoms with Crippen molar-refractivity contribution < 1.29 is 9.59 Å². The summed E-state index contributed by atoms with van der Waals surface area (Å²) in [5.74, 6) is -0.446. The van der Waals surface area contributed by atoms with Crippen LogP contribution in [-0.2, 0) is 9.59 Å². The Bertz CT molecular complexity index is 229. The molecule has 0 aromatic carbocycles. The van der Waals surface area contributed by atoms with Gasteiger partial charge < -0.3 is 0 Å². The Labute approximate surface area is 136 Å². The molecule has 0 rings (SSSR count). The molecule has 20 heavy (non-hydrogen) atoms. The molecule has 2 nitrogen and oxygen atoms in total. The molecule has 0 unspecified atom stereocenters. The normalized spacial score (nSPS) is 10.1. The summed E-state index contributed by atoms with van der Waals surface area (Å²) in [5, 5.41) is 0. The second-order valence-corrected chi connectivity index (χ2v) is 9.39. The van der Waals surface area contributed by atoms with Crippen LogP contribution >= 0.6 is 0 Å². The molecule has 0 fully saturated rings. The zero-order valence-corrected chi connectivity index (χ0v) is 17.1. The predicted octanol–water partition coefficient (Wildman–Crippen LogP) is 5.10. The number of Topliss-reactive ketones (excluding diaryl/α,β-unsaturated/α-hetero) is 2. The van der Waals surface area contributed by atoms with Gasteiger partial charge in [-0.3, -0.25) is 9.59 Å². The van der Waals surface area contributed by atoms with Crippen molar-refractivity contribution in [1.29, 1.82) is 0 Å². The zero-order valence-electron chi connectivity index (χ0n) is 14.3. The van der Waals surface area contributed by atoms with Gasteiger partial charge in [-0.2, -0.15) is 0 Å². The fraction of sp³-hybridized carbons (Fsp3) is 0.882. The Morgan fingerprint density at radius 2 is 1.30 bits per heavy atom. The van der Waals surface area contributed by atoms with Gasteiger partial charge in [-0.25, -0.2) is 0 Å². The van der Waals surface area contributed by atoms with Crippen LogP contribution in [0.5, 0.6) is 0 Å². The Hall–Kier alpha value is 0.139. The van der Waals surface area contributed by atoms with E-state index in [4.69, 9.17) is 0 Å². The molecule has 0 aliphatic rings. The van der Waals surface area contributed by atoms with E-state index in [1.807, 2.05) is 13.8 Å². The van der Waals surface area contributed by atoms with Crippen LogP contribution < -0.4 is 0 Å². The first-order chi connectivity index (χ1) is 9.58. The van der Waals surface area contributed by atoms with Crippen molar-refractivity contribution in [2.75, 3.05) is 0 Å². The average molecular weight is 389 g/mol. The van der Waals surface area contributed by atoms with Gasteiger partial charge in [0.05, 0.1) is 0 Å². The summed E-state index contributed by atoms with van der Waals surface area (Å²) in [7, 11) is 0. The zero-order chi connectivity index (χ0) is 15.8. The minimum atomic E-state index is -0.223. The molecule has 0 atom stereocenters. The van der Waals surface area contributed by atoms with Gasteiger partial charge in [0.2, 0.25) is 5.78 Å². The molecule has 0 saturated heterocycles. The van der Waals surface area contributed by atoms with Crippen LogP contribution in [0.4, 0.5) is 0 Å². The van der Waals surface area contributed by atoms with E-state index in [9.17, 15) is 9.59 Å². The Balaban J connectivity index is 0. The number of hydrogen-bond donors (Lipinski definition) is 0. The van der Waals surface area contributed by atoms with Gasteiger partial charge >= 0.3 is 69.5 Å². The SMILES string of the molecule is CCC(=O)C(=O)C(CC)CC.CCC[CH2][Sn][CH2]CCC. The monoisotopic (exact) mass is 390 g/mol. The van der Waals surface area contributed by atoms with E-state index in [0.29, 0.717) is 6.42 Å². The van der Waals surface area contributed by atoms with Gasteiger partial charge in [0.1, 0.15) is 0 Å². The molecular weight excluding hydrogens is 355 g/mol. The van der Waals surface area contributed by atoms with Crippen molar-refractivity contribution >= 4 is 32.7 Å². The molecule has 0 aliphatic heterocycles. The first-order valence-corrected chi connectivity index (χ1v) is 12.4. The van der Waals surface area contributed by atoms with E-state index in [1.54, 1.807) is 15.8 Å². The van der Waals surface area contributed by atoms with Crippen LogP contribution in [0.2, 0.25) is 8.87 Å². The van der Waals surface area contributed by atoms with Gasteiger partial charge in [-0.15, -0.1) is 0 Å². The van der Waals surface area contributed by atoms with Crippen molar-refractivity contribution in [3.8, 4) is 0 Å². The molecule has 118 valence electrons. The molecule has 0 N–H and O–H groups in total. The van der Waals surface area contributed by atoms with Crippen LogP contribution in [-0.4, -0.2) is 32.7 Å². The molecule has 0 spiro atoms. The first-order valence-electron chi connectivity index (χ1n) is 8.36. The summed E-state index contributed by atoms with van der Waals surface area (Å²) in [6.07, 6.45) is 7.74. The molecule has 0 heterocycles. The number of hydrogen-bond acceptors (Lipinski definition) is 2. The van der Waals surface area contributed by atoms with Crippen molar-refractivity contribution in [3.63, 3.8) is 0 Å². The van der Waals surface area contributed by atoms with Crippen LogP contribution in [0.3, 0.4) is 0 Å². The molecule has 0 aliphatic carbocycles. The fourth-order valence-corrected chi connectivity index (χ4v) is 5.95. The molecule has 2 radical (unpaired) electrons. The molecule has 0 bridgehead atoms. The third-order valence-corrected chi connectivity index (χ3v) is 7.40. The third-order valence-electron chi connectivity index (χ3n) is 3.37. The summed E-state index contributed by atoms with van der Waals surface area (Å²) >= 11 is 0.149. The Morgan fingerprint density at radius 1 is 0.850 bits per heavy atom. The van der Waals surface area contributed by atoms with Gasteiger partial charge in [0.25, 0.3) is 0 Å². The second kappa shape index (κ2) is 17.2. The van der Waals surface area contributed by atoms with Crippen molar-refractivity contribution in [2.24, 2.45) is 5.92 Å². The fourth-order valence-electron chi connectivity index (χ4n) is 1.79. The van der Waals surface area contributed by atoms with Crippen molar-refractivity contribution in [1.82, 2.24) is 0 Å². The molecule has 0 aromatic heterocycles. The summed E-state index contributed by atoms with van der Waals surface area (Å²) in [6.45, 7) is 10.2. The van der Waals surface area contributed by atoms with E-state index < -0.39 is 0 Å². The summed E-state index contributed by atoms with van der Waals surface area (Å²) in [6, 6.07) is 0. The predicted molar refractivity (Wildman–Crippen MR) is 89.6 cm³/mol. The number of unbranched alkanes of at least 4 members (excludes halogenated alkanes) is 2. The maximum atomic E-state index is 11.2. The topological polar surface area (TPSA) is 34.1 Å². The standard InChI is InChI=1S/C9H16O2.2C4H9.Sn/c1-4-7(5-2)9(11)8(10)6-3;2*1-3-4-2;/h7H,4-6H2,1-3H3;2*1,3-4H2,2H3;. The average Bonchev–Trinajstić information content (AvgIpc) is 2.48. The first kappa shape index (κ1) is 22.4. The van der Waals surface area contributed by atoms with E-state index in [-0.39, 0.29) is 38.6 Å². The Morgan fingerprint density at radius 3 is 1.60 bits per heavy atom. The van der Waals surface area contributed by atoms with Crippen LogP contribution in [0.15, 0.2) is 0 Å². The van der Waals surface area contributed by atoms with Crippen LogP contribution in [0.1, 0.15) is 79.6 Å². The molecular formula is C17H34O2Sn. The van der Waals surface area contributed by atoms with Gasteiger partial charge in [0, 0.05) is 12.3 Å². The third kappa shape index (κ3) is 13.1. The number of rotatable bonds is 11. The number of carbonyl (C=O) groups excluding carboxylic acids is 2. The molecule has 0 amide bonds. The molecule has 3 heteroatoms.